The molecule has 0 N–H and O–H groups in total. The molecule has 13 rings (SSSR count). The van der Waals surface area contributed by atoms with E-state index in [4.69, 9.17) is 19.4 Å². The van der Waals surface area contributed by atoms with E-state index in [2.05, 4.69) is 149 Å². The maximum Gasteiger partial charge on any atom is 0.164 e. The van der Waals surface area contributed by atoms with Crippen LogP contribution in [0.15, 0.2) is 217 Å². The van der Waals surface area contributed by atoms with Gasteiger partial charge < -0.3 is 13.6 Å². The fourth-order valence-corrected chi connectivity index (χ4v) is 9.51. The smallest absolute Gasteiger partial charge is 0.164 e. The molecule has 4 aromatic heterocycles. The lowest BCUT2D eigenvalue weighted by molar-refractivity contribution is 0.669. The van der Waals surface area contributed by atoms with Gasteiger partial charge in [-0.05, 0) is 83.9 Å². The van der Waals surface area contributed by atoms with Crippen LogP contribution in [0.25, 0.3) is 122 Å². The molecule has 9 aromatic carbocycles. The highest BCUT2D eigenvalue weighted by atomic mass is 16.3. The average Bonchev–Trinajstić information content (AvgIpc) is 4.01. The molecule has 0 fully saturated rings. The zero-order chi connectivity index (χ0) is 41.4. The first-order chi connectivity index (χ1) is 31.2. The Morgan fingerprint density at radius 3 is 1.41 bits per heavy atom. The van der Waals surface area contributed by atoms with E-state index >= 15 is 0 Å². The predicted molar refractivity (Wildman–Crippen MR) is 258 cm³/mol. The Bertz CT molecular complexity index is 3850. The van der Waals surface area contributed by atoms with Crippen LogP contribution in [0.1, 0.15) is 0 Å². The molecule has 13 aromatic rings. The van der Waals surface area contributed by atoms with Gasteiger partial charge in [0.25, 0.3) is 0 Å². The third kappa shape index (κ3) is 5.62. The molecule has 0 aliphatic carbocycles. The molecule has 294 valence electrons. The van der Waals surface area contributed by atoms with Crippen molar-refractivity contribution >= 4 is 65.6 Å². The van der Waals surface area contributed by atoms with Gasteiger partial charge in [-0.1, -0.05) is 140 Å². The highest BCUT2D eigenvalue weighted by Gasteiger charge is 2.20. The summed E-state index contributed by atoms with van der Waals surface area (Å²) in [5, 5.41) is 6.82. The summed E-state index contributed by atoms with van der Waals surface area (Å²) < 4.78 is 11.3. The number of fused-ring (bicyclic) bond motifs is 9. The Morgan fingerprint density at radius 2 is 0.810 bits per heavy atom. The van der Waals surface area contributed by atoms with E-state index in [1.807, 2.05) is 72.8 Å². The van der Waals surface area contributed by atoms with Gasteiger partial charge in [0.2, 0.25) is 0 Å². The lowest BCUT2D eigenvalue weighted by Crippen LogP contribution is -2.00. The Kier molecular flexibility index (Phi) is 7.80. The second kappa shape index (κ2) is 14.0. The molecule has 0 bridgehead atoms. The van der Waals surface area contributed by atoms with Crippen LogP contribution in [0, 0.1) is 0 Å². The molecule has 6 nitrogen and oxygen atoms in total. The Morgan fingerprint density at radius 1 is 0.302 bits per heavy atom. The fourth-order valence-electron chi connectivity index (χ4n) is 9.51. The molecule has 0 atom stereocenters. The summed E-state index contributed by atoms with van der Waals surface area (Å²) in [6.07, 6.45) is 0. The van der Waals surface area contributed by atoms with Crippen molar-refractivity contribution < 1.29 is 4.42 Å². The molecule has 4 heterocycles. The molecule has 0 aliphatic rings. The van der Waals surface area contributed by atoms with Crippen LogP contribution >= 0.6 is 0 Å². The number of hydrogen-bond acceptors (Lipinski definition) is 4. The molecule has 63 heavy (non-hydrogen) atoms. The van der Waals surface area contributed by atoms with Gasteiger partial charge in [0.1, 0.15) is 11.2 Å². The highest BCUT2D eigenvalue weighted by Crippen LogP contribution is 2.41. The van der Waals surface area contributed by atoms with Crippen LogP contribution in [-0.2, 0) is 0 Å². The summed E-state index contributed by atoms with van der Waals surface area (Å²) in [7, 11) is 0. The van der Waals surface area contributed by atoms with Crippen molar-refractivity contribution in [3.8, 4) is 56.7 Å². The van der Waals surface area contributed by atoms with Crippen molar-refractivity contribution in [1.29, 1.82) is 0 Å². The molecule has 0 saturated carbocycles. The molecular formula is C57H35N5O. The second-order valence-electron chi connectivity index (χ2n) is 16.0. The standard InChI is InChI=1S/C57H35N5O/c1-4-15-36(16-5-1)55-58-56(37-17-6-2-7-18-37)60-57(59-55)44-23-14-26-53-54(44)47-35-41(29-32-52(47)63-53)62-49-25-13-11-22-43(49)46-34-39(28-31-51(46)62)38-27-30-50-45(33-38)42-21-10-12-24-48(42)61(50)40-19-8-3-9-20-40/h1-35H. The third-order valence-electron chi connectivity index (χ3n) is 12.4. The summed E-state index contributed by atoms with van der Waals surface area (Å²) in [4.78, 5) is 15.1. The van der Waals surface area contributed by atoms with Crippen LogP contribution in [0.2, 0.25) is 0 Å². The number of nitrogens with zero attached hydrogens (tertiary/aromatic N) is 5. The molecule has 0 saturated heterocycles. The van der Waals surface area contributed by atoms with Crippen LogP contribution < -0.4 is 0 Å². The van der Waals surface area contributed by atoms with Crippen LogP contribution in [0.3, 0.4) is 0 Å². The van der Waals surface area contributed by atoms with Gasteiger partial charge in [0.15, 0.2) is 17.5 Å². The van der Waals surface area contributed by atoms with Crippen LogP contribution in [-0.4, -0.2) is 24.1 Å². The average molecular weight is 806 g/mol. The van der Waals surface area contributed by atoms with E-state index in [1.165, 1.54) is 43.7 Å². The third-order valence-corrected chi connectivity index (χ3v) is 12.4. The SMILES string of the molecule is c1ccc(-c2nc(-c3ccccc3)nc(-c3cccc4oc5ccc(-n6c7ccccc7c7cc(-c8ccc9c(c8)c8ccccc8n9-c8ccccc8)ccc76)cc5c34)n2)cc1. The number of furan rings is 1. The van der Waals surface area contributed by atoms with Crippen molar-refractivity contribution in [2.45, 2.75) is 0 Å². The number of para-hydroxylation sites is 3. The maximum absolute atomic E-state index is 6.56. The van der Waals surface area contributed by atoms with E-state index < -0.39 is 0 Å². The van der Waals surface area contributed by atoms with Gasteiger partial charge in [-0.25, -0.2) is 15.0 Å². The molecular weight excluding hydrogens is 771 g/mol. The molecule has 0 amide bonds. The van der Waals surface area contributed by atoms with Gasteiger partial charge in [-0.2, -0.15) is 0 Å². The van der Waals surface area contributed by atoms with Crippen LogP contribution in [0.4, 0.5) is 0 Å². The van der Waals surface area contributed by atoms with E-state index in [-0.39, 0.29) is 0 Å². The van der Waals surface area contributed by atoms with Crippen molar-refractivity contribution in [3.63, 3.8) is 0 Å². The monoisotopic (exact) mass is 805 g/mol. The van der Waals surface area contributed by atoms with Gasteiger partial charge in [-0.3, -0.25) is 0 Å². The maximum atomic E-state index is 6.56. The number of hydrogen-bond donors (Lipinski definition) is 0. The quantitative estimate of drug-likeness (QED) is 0.168. The van der Waals surface area contributed by atoms with Crippen LogP contribution in [0.5, 0.6) is 0 Å². The number of aromatic nitrogens is 5. The Hall–Kier alpha value is -8.61. The fraction of sp³-hybridized carbons (Fsp3) is 0. The van der Waals surface area contributed by atoms with E-state index in [0.29, 0.717) is 17.5 Å². The van der Waals surface area contributed by atoms with Crippen molar-refractivity contribution in [2.24, 2.45) is 0 Å². The molecule has 0 spiro atoms. The van der Waals surface area contributed by atoms with Crippen molar-refractivity contribution in [3.05, 3.63) is 212 Å². The van der Waals surface area contributed by atoms with Gasteiger partial charge in [-0.15, -0.1) is 0 Å². The normalized spacial score (nSPS) is 11.8. The van der Waals surface area contributed by atoms with Gasteiger partial charge >= 0.3 is 0 Å². The first-order valence-corrected chi connectivity index (χ1v) is 21.2. The molecule has 0 aliphatic heterocycles. The zero-order valence-corrected chi connectivity index (χ0v) is 33.9. The topological polar surface area (TPSA) is 61.7 Å². The summed E-state index contributed by atoms with van der Waals surface area (Å²) in [5.74, 6) is 1.83. The lowest BCUT2D eigenvalue weighted by atomic mass is 10.0. The van der Waals surface area contributed by atoms with Gasteiger partial charge in [0.05, 0.1) is 22.1 Å². The Labute approximate surface area is 361 Å². The minimum absolute atomic E-state index is 0.591. The van der Waals surface area contributed by atoms with Crippen molar-refractivity contribution in [2.75, 3.05) is 0 Å². The summed E-state index contributed by atoms with van der Waals surface area (Å²) in [5.41, 5.74) is 13.5. The first-order valence-electron chi connectivity index (χ1n) is 21.2. The zero-order valence-electron chi connectivity index (χ0n) is 33.9. The summed E-state index contributed by atoms with van der Waals surface area (Å²) >= 11 is 0. The number of benzene rings is 9. The minimum Gasteiger partial charge on any atom is -0.456 e. The minimum atomic E-state index is 0.591. The molecule has 0 unspecified atom stereocenters. The predicted octanol–water partition coefficient (Wildman–Crippen LogP) is 14.6. The lowest BCUT2D eigenvalue weighted by Gasteiger charge is -2.10. The largest absolute Gasteiger partial charge is 0.456 e. The van der Waals surface area contributed by atoms with Crippen molar-refractivity contribution in [1.82, 2.24) is 24.1 Å². The summed E-state index contributed by atoms with van der Waals surface area (Å²) in [6.45, 7) is 0. The summed E-state index contributed by atoms with van der Waals surface area (Å²) in [6, 6.07) is 74.6. The second-order valence-corrected chi connectivity index (χ2v) is 16.0. The van der Waals surface area contributed by atoms with E-state index in [9.17, 15) is 0 Å². The first kappa shape index (κ1) is 35.2. The highest BCUT2D eigenvalue weighted by molar-refractivity contribution is 6.15. The van der Waals surface area contributed by atoms with E-state index in [0.717, 1.165) is 61.0 Å². The Balaban J connectivity index is 0.971. The van der Waals surface area contributed by atoms with E-state index in [1.54, 1.807) is 0 Å². The molecule has 6 heteroatoms. The van der Waals surface area contributed by atoms with Gasteiger partial charge in [0, 0.05) is 60.4 Å². The molecule has 0 radical (unpaired) electrons. The number of rotatable bonds is 6.